The number of nitrogens with zero attached hydrogens (tertiary/aromatic N) is 1. The molecule has 3 nitrogen and oxygen atoms in total. The zero-order valence-electron chi connectivity index (χ0n) is 11.2. The Morgan fingerprint density at radius 3 is 2.80 bits per heavy atom. The van der Waals surface area contributed by atoms with Gasteiger partial charge < -0.3 is 10.6 Å². The molecule has 0 radical (unpaired) electrons. The Kier molecular flexibility index (Phi) is 3.14. The molecule has 1 amide bonds. The predicted octanol–water partition coefficient (Wildman–Crippen LogP) is 3.39. The molecule has 1 aliphatic heterocycles. The van der Waals surface area contributed by atoms with E-state index in [-0.39, 0.29) is 5.91 Å². The van der Waals surface area contributed by atoms with Crippen LogP contribution >= 0.6 is 11.6 Å². The van der Waals surface area contributed by atoms with Crippen LogP contribution in [0.3, 0.4) is 0 Å². The summed E-state index contributed by atoms with van der Waals surface area (Å²) in [6.07, 6.45) is 0. The first-order valence-electron chi connectivity index (χ1n) is 6.47. The van der Waals surface area contributed by atoms with Crippen molar-refractivity contribution in [3.63, 3.8) is 0 Å². The van der Waals surface area contributed by atoms with E-state index in [0.717, 1.165) is 16.7 Å². The Labute approximate surface area is 123 Å². The van der Waals surface area contributed by atoms with Crippen LogP contribution in [-0.2, 0) is 13.1 Å². The molecule has 2 aromatic carbocycles. The lowest BCUT2D eigenvalue weighted by Gasteiger charge is -2.16. The zero-order chi connectivity index (χ0) is 14.3. The number of hydrogen-bond acceptors (Lipinski definition) is 2. The molecular formula is C16H15ClN2O. The molecular weight excluding hydrogens is 272 g/mol. The summed E-state index contributed by atoms with van der Waals surface area (Å²) in [6, 6.07) is 11.4. The highest BCUT2D eigenvalue weighted by molar-refractivity contribution is 6.31. The van der Waals surface area contributed by atoms with Crippen LogP contribution in [0.15, 0.2) is 36.4 Å². The summed E-state index contributed by atoms with van der Waals surface area (Å²) in [5.41, 5.74) is 10.2. The lowest BCUT2D eigenvalue weighted by Crippen LogP contribution is -2.23. The first-order chi connectivity index (χ1) is 9.54. The number of nitrogens with two attached hydrogens (primary N) is 1. The van der Waals surface area contributed by atoms with Gasteiger partial charge in [0.1, 0.15) is 0 Å². The van der Waals surface area contributed by atoms with Crippen molar-refractivity contribution < 1.29 is 4.79 Å². The molecule has 4 heteroatoms. The number of fused-ring (bicyclic) bond motifs is 1. The van der Waals surface area contributed by atoms with Gasteiger partial charge in [-0.1, -0.05) is 29.8 Å². The maximum Gasteiger partial charge on any atom is 0.254 e. The molecule has 0 saturated carbocycles. The van der Waals surface area contributed by atoms with Gasteiger partial charge in [-0.25, -0.2) is 0 Å². The van der Waals surface area contributed by atoms with E-state index in [4.69, 9.17) is 17.3 Å². The van der Waals surface area contributed by atoms with Crippen molar-refractivity contribution in [3.05, 3.63) is 63.7 Å². The van der Waals surface area contributed by atoms with Crippen LogP contribution in [0.4, 0.5) is 5.69 Å². The largest absolute Gasteiger partial charge is 0.399 e. The number of amides is 1. The van der Waals surface area contributed by atoms with E-state index < -0.39 is 0 Å². The second-order valence-electron chi connectivity index (χ2n) is 5.17. The molecule has 3 rings (SSSR count). The normalized spacial score (nSPS) is 13.7. The van der Waals surface area contributed by atoms with Crippen LogP contribution in [-0.4, -0.2) is 10.8 Å². The summed E-state index contributed by atoms with van der Waals surface area (Å²) < 4.78 is 0. The summed E-state index contributed by atoms with van der Waals surface area (Å²) in [4.78, 5) is 14.2. The monoisotopic (exact) mass is 286 g/mol. The minimum absolute atomic E-state index is 0.0175. The van der Waals surface area contributed by atoms with E-state index in [1.54, 1.807) is 11.0 Å². The minimum Gasteiger partial charge on any atom is -0.399 e. The number of carbonyl (C=O) groups is 1. The molecule has 102 valence electrons. The molecule has 0 aliphatic carbocycles. The molecule has 2 N–H and O–H groups in total. The average Bonchev–Trinajstić information content (AvgIpc) is 2.70. The van der Waals surface area contributed by atoms with Gasteiger partial charge in [-0.2, -0.15) is 0 Å². The smallest absolute Gasteiger partial charge is 0.254 e. The summed E-state index contributed by atoms with van der Waals surface area (Å²) in [5.74, 6) is 0.0175. The Bertz CT molecular complexity index is 697. The van der Waals surface area contributed by atoms with Crippen LogP contribution in [0, 0.1) is 6.92 Å². The maximum absolute atomic E-state index is 12.4. The topological polar surface area (TPSA) is 46.3 Å². The molecule has 0 bridgehead atoms. The quantitative estimate of drug-likeness (QED) is 0.860. The predicted molar refractivity (Wildman–Crippen MR) is 80.6 cm³/mol. The van der Waals surface area contributed by atoms with Gasteiger partial charge in [-0.05, 0) is 41.8 Å². The van der Waals surface area contributed by atoms with Crippen LogP contribution < -0.4 is 5.73 Å². The number of rotatable bonds is 2. The van der Waals surface area contributed by atoms with Crippen molar-refractivity contribution in [1.29, 1.82) is 0 Å². The summed E-state index contributed by atoms with van der Waals surface area (Å²) in [7, 11) is 0. The first kappa shape index (κ1) is 13.0. The van der Waals surface area contributed by atoms with Crippen molar-refractivity contribution in [2.45, 2.75) is 20.0 Å². The fourth-order valence-corrected chi connectivity index (χ4v) is 2.79. The Morgan fingerprint density at radius 2 is 2.05 bits per heavy atom. The Balaban J connectivity index is 1.86. The fourth-order valence-electron chi connectivity index (χ4n) is 2.49. The summed E-state index contributed by atoms with van der Waals surface area (Å²) >= 11 is 6.23. The molecule has 0 unspecified atom stereocenters. The third-order valence-corrected chi connectivity index (χ3v) is 3.93. The van der Waals surface area contributed by atoms with Crippen LogP contribution in [0.25, 0.3) is 0 Å². The van der Waals surface area contributed by atoms with Crippen LogP contribution in [0.2, 0.25) is 5.02 Å². The fraction of sp³-hybridized carbons (Fsp3) is 0.188. The third-order valence-electron chi connectivity index (χ3n) is 3.58. The van der Waals surface area contributed by atoms with Crippen LogP contribution in [0.5, 0.6) is 0 Å². The Hall–Kier alpha value is -2.00. The highest BCUT2D eigenvalue weighted by Gasteiger charge is 2.27. The second-order valence-corrected chi connectivity index (χ2v) is 5.58. The van der Waals surface area contributed by atoms with E-state index >= 15 is 0 Å². The van der Waals surface area contributed by atoms with Crippen LogP contribution in [0.1, 0.15) is 27.0 Å². The number of anilines is 1. The molecule has 2 aromatic rings. The Morgan fingerprint density at radius 1 is 1.25 bits per heavy atom. The van der Waals surface area contributed by atoms with E-state index in [2.05, 4.69) is 0 Å². The zero-order valence-corrected chi connectivity index (χ0v) is 11.9. The van der Waals surface area contributed by atoms with E-state index in [9.17, 15) is 4.79 Å². The number of aryl methyl sites for hydroxylation is 1. The molecule has 0 atom stereocenters. The second kappa shape index (κ2) is 4.84. The molecule has 0 aromatic heterocycles. The molecule has 1 aliphatic rings. The van der Waals surface area contributed by atoms with Gasteiger partial charge in [0, 0.05) is 29.4 Å². The number of benzene rings is 2. The maximum atomic E-state index is 12.4. The summed E-state index contributed by atoms with van der Waals surface area (Å²) in [5, 5.41) is 0.702. The molecule has 20 heavy (non-hydrogen) atoms. The van der Waals surface area contributed by atoms with E-state index in [1.165, 1.54) is 0 Å². The lowest BCUT2D eigenvalue weighted by molar-refractivity contribution is 0.0767. The average molecular weight is 287 g/mol. The number of nitrogen functional groups attached to an aromatic ring is 1. The molecule has 0 spiro atoms. The number of hydrogen-bond donors (Lipinski definition) is 1. The van der Waals surface area contributed by atoms with Gasteiger partial charge in [0.25, 0.3) is 5.91 Å². The molecule has 0 fully saturated rings. The van der Waals surface area contributed by atoms with E-state index in [1.807, 2.05) is 37.3 Å². The van der Waals surface area contributed by atoms with Crippen molar-refractivity contribution >= 4 is 23.2 Å². The SMILES string of the molecule is Cc1ccc(CN2Cc3ccc(N)cc3C2=O)c(Cl)c1. The van der Waals surface area contributed by atoms with Crippen molar-refractivity contribution in [2.24, 2.45) is 0 Å². The highest BCUT2D eigenvalue weighted by Crippen LogP contribution is 2.28. The van der Waals surface area contributed by atoms with Gasteiger partial charge in [0.2, 0.25) is 0 Å². The van der Waals surface area contributed by atoms with Crippen molar-refractivity contribution in [1.82, 2.24) is 4.90 Å². The number of halogens is 1. The van der Waals surface area contributed by atoms with Gasteiger partial charge >= 0.3 is 0 Å². The molecule has 1 heterocycles. The van der Waals surface area contributed by atoms with Gasteiger partial charge in [-0.15, -0.1) is 0 Å². The standard InChI is InChI=1S/C16H15ClN2O/c1-10-2-3-12(15(17)6-10)9-19-8-11-4-5-13(18)7-14(11)16(19)20/h2-7H,8-9,18H2,1H3. The number of carbonyl (C=O) groups excluding carboxylic acids is 1. The van der Waals surface area contributed by atoms with Gasteiger partial charge in [-0.3, -0.25) is 4.79 Å². The van der Waals surface area contributed by atoms with Crippen molar-refractivity contribution in [3.8, 4) is 0 Å². The molecule has 0 saturated heterocycles. The van der Waals surface area contributed by atoms with Gasteiger partial charge in [0.15, 0.2) is 0 Å². The third kappa shape index (κ3) is 2.25. The highest BCUT2D eigenvalue weighted by atomic mass is 35.5. The minimum atomic E-state index is 0.0175. The lowest BCUT2D eigenvalue weighted by atomic mass is 10.1. The van der Waals surface area contributed by atoms with Gasteiger partial charge in [0.05, 0.1) is 0 Å². The van der Waals surface area contributed by atoms with Crippen molar-refractivity contribution in [2.75, 3.05) is 5.73 Å². The summed E-state index contributed by atoms with van der Waals surface area (Å²) in [6.45, 7) is 3.13. The first-order valence-corrected chi connectivity index (χ1v) is 6.85. The van der Waals surface area contributed by atoms with E-state index in [0.29, 0.717) is 29.4 Å².